The fourth-order valence-corrected chi connectivity index (χ4v) is 2.99. The van der Waals surface area contributed by atoms with Crippen LogP contribution in [0.15, 0.2) is 42.7 Å². The first kappa shape index (κ1) is 16.5. The van der Waals surface area contributed by atoms with Gasteiger partial charge in [-0.2, -0.15) is 0 Å². The fraction of sp³-hybridized carbons (Fsp3) is 0.389. The molecule has 1 aliphatic rings. The highest BCUT2D eigenvalue weighted by atomic mass is 16.1. The summed E-state index contributed by atoms with van der Waals surface area (Å²) in [5.41, 5.74) is 7.57. The Morgan fingerprint density at radius 3 is 2.54 bits per heavy atom. The number of nitrogens with zero attached hydrogens (tertiary/aromatic N) is 4. The monoisotopic (exact) mass is 325 g/mol. The van der Waals surface area contributed by atoms with Crippen LogP contribution in [0.4, 0.5) is 0 Å². The van der Waals surface area contributed by atoms with Gasteiger partial charge in [0, 0.05) is 56.2 Å². The highest BCUT2D eigenvalue weighted by Crippen LogP contribution is 2.15. The Bertz CT molecular complexity index is 674. The molecule has 24 heavy (non-hydrogen) atoms. The van der Waals surface area contributed by atoms with Crippen LogP contribution in [0, 0.1) is 5.92 Å². The zero-order valence-corrected chi connectivity index (χ0v) is 13.9. The van der Waals surface area contributed by atoms with E-state index in [1.807, 2.05) is 49.8 Å². The summed E-state index contributed by atoms with van der Waals surface area (Å²) in [6, 6.07) is 9.92. The molecule has 1 aromatic heterocycles. The zero-order valence-electron chi connectivity index (χ0n) is 13.9. The highest BCUT2D eigenvalue weighted by Gasteiger charge is 2.24. The lowest BCUT2D eigenvalue weighted by atomic mass is 10.1. The third-order valence-electron chi connectivity index (χ3n) is 4.35. The first-order valence-electron chi connectivity index (χ1n) is 8.18. The average Bonchev–Trinajstić information content (AvgIpc) is 2.78. The molecule has 1 saturated heterocycles. The van der Waals surface area contributed by atoms with E-state index in [1.165, 1.54) is 0 Å². The van der Waals surface area contributed by atoms with E-state index >= 15 is 0 Å². The van der Waals surface area contributed by atoms with E-state index in [9.17, 15) is 4.79 Å². The predicted molar refractivity (Wildman–Crippen MR) is 92.9 cm³/mol. The molecule has 2 N–H and O–H groups in total. The van der Waals surface area contributed by atoms with Crippen LogP contribution in [-0.2, 0) is 11.3 Å². The van der Waals surface area contributed by atoms with Gasteiger partial charge >= 0.3 is 0 Å². The van der Waals surface area contributed by atoms with Crippen molar-refractivity contribution in [1.29, 1.82) is 0 Å². The summed E-state index contributed by atoms with van der Waals surface area (Å²) in [6.45, 7) is 3.95. The minimum absolute atomic E-state index is 0.137. The summed E-state index contributed by atoms with van der Waals surface area (Å²) in [5, 5.41) is 0. The van der Waals surface area contributed by atoms with Gasteiger partial charge in [-0.05, 0) is 7.05 Å². The normalized spacial score (nSPS) is 19.8. The van der Waals surface area contributed by atoms with Crippen molar-refractivity contribution < 1.29 is 4.79 Å². The van der Waals surface area contributed by atoms with Crippen molar-refractivity contribution in [3.8, 4) is 11.4 Å². The first-order valence-corrected chi connectivity index (χ1v) is 8.18. The van der Waals surface area contributed by atoms with Gasteiger partial charge in [-0.15, -0.1) is 0 Å². The number of likely N-dealkylation sites (N-methyl/N-ethyl adjacent to an activating group) is 1. The van der Waals surface area contributed by atoms with Crippen LogP contribution in [0.5, 0.6) is 0 Å². The number of amides is 1. The lowest BCUT2D eigenvalue weighted by molar-refractivity contribution is -0.122. The van der Waals surface area contributed by atoms with Crippen molar-refractivity contribution >= 4 is 5.91 Å². The standard InChI is InChI=1S/C18H23N5O/c1-22-7-8-23(13-16(12-22)17(19)24)11-14-9-20-18(21-10-14)15-5-3-2-4-6-15/h2-6,9-10,16H,7-8,11-13H2,1H3,(H2,19,24)/t16-/m1/s1. The Labute approximate surface area is 142 Å². The van der Waals surface area contributed by atoms with Crippen molar-refractivity contribution in [3.05, 3.63) is 48.3 Å². The first-order chi connectivity index (χ1) is 11.6. The van der Waals surface area contributed by atoms with E-state index in [0.717, 1.165) is 43.1 Å². The smallest absolute Gasteiger partial charge is 0.223 e. The minimum atomic E-state index is -0.232. The Kier molecular flexibility index (Phi) is 5.17. The molecule has 1 amide bonds. The molecule has 1 aliphatic heterocycles. The van der Waals surface area contributed by atoms with Crippen molar-refractivity contribution in [2.24, 2.45) is 11.7 Å². The molecule has 0 saturated carbocycles. The molecule has 0 radical (unpaired) electrons. The summed E-state index contributed by atoms with van der Waals surface area (Å²) in [4.78, 5) is 24.9. The van der Waals surface area contributed by atoms with Gasteiger partial charge < -0.3 is 10.6 Å². The maximum atomic E-state index is 11.6. The average molecular weight is 325 g/mol. The molecule has 2 heterocycles. The molecule has 3 rings (SSSR count). The van der Waals surface area contributed by atoms with Crippen LogP contribution in [0.3, 0.4) is 0 Å². The summed E-state index contributed by atoms with van der Waals surface area (Å²) in [7, 11) is 2.03. The molecule has 2 aromatic rings. The number of nitrogens with two attached hydrogens (primary N) is 1. The van der Waals surface area contributed by atoms with Crippen LogP contribution >= 0.6 is 0 Å². The topological polar surface area (TPSA) is 75.3 Å². The van der Waals surface area contributed by atoms with E-state index in [1.54, 1.807) is 0 Å². The van der Waals surface area contributed by atoms with E-state index in [-0.39, 0.29) is 11.8 Å². The molecule has 1 fully saturated rings. The van der Waals surface area contributed by atoms with Crippen molar-refractivity contribution in [1.82, 2.24) is 19.8 Å². The van der Waals surface area contributed by atoms with Crippen LogP contribution in [0.1, 0.15) is 5.56 Å². The Morgan fingerprint density at radius 1 is 1.17 bits per heavy atom. The number of carbonyl (C=O) groups excluding carboxylic acids is 1. The molecule has 0 spiro atoms. The van der Waals surface area contributed by atoms with Crippen LogP contribution in [0.25, 0.3) is 11.4 Å². The van der Waals surface area contributed by atoms with Gasteiger partial charge in [-0.25, -0.2) is 9.97 Å². The van der Waals surface area contributed by atoms with E-state index in [4.69, 9.17) is 5.73 Å². The van der Waals surface area contributed by atoms with E-state index < -0.39 is 0 Å². The summed E-state index contributed by atoms with van der Waals surface area (Å²) >= 11 is 0. The lowest BCUT2D eigenvalue weighted by Crippen LogP contribution is -2.37. The molecule has 6 nitrogen and oxygen atoms in total. The van der Waals surface area contributed by atoms with Gasteiger partial charge in [-0.3, -0.25) is 9.69 Å². The quantitative estimate of drug-likeness (QED) is 0.907. The SMILES string of the molecule is CN1CCN(Cc2cnc(-c3ccccc3)nc2)C[C@H](C(N)=O)C1. The molecule has 1 aromatic carbocycles. The Hall–Kier alpha value is -2.31. The van der Waals surface area contributed by atoms with E-state index in [0.29, 0.717) is 6.54 Å². The maximum absolute atomic E-state index is 11.6. The second kappa shape index (κ2) is 7.51. The lowest BCUT2D eigenvalue weighted by Gasteiger charge is -2.22. The Balaban J connectivity index is 1.68. The summed E-state index contributed by atoms with van der Waals surface area (Å²) < 4.78 is 0. The van der Waals surface area contributed by atoms with Gasteiger partial charge in [0.15, 0.2) is 5.82 Å². The second-order valence-corrected chi connectivity index (χ2v) is 6.38. The summed E-state index contributed by atoms with van der Waals surface area (Å²) in [6.07, 6.45) is 3.73. The number of hydrogen-bond acceptors (Lipinski definition) is 5. The number of benzene rings is 1. The fourth-order valence-electron chi connectivity index (χ4n) is 2.99. The van der Waals surface area contributed by atoms with Crippen LogP contribution in [0.2, 0.25) is 0 Å². The molecule has 1 atom stereocenters. The number of carbonyl (C=O) groups is 1. The zero-order chi connectivity index (χ0) is 16.9. The molecule has 6 heteroatoms. The molecular formula is C18H23N5O. The van der Waals surface area contributed by atoms with Crippen molar-refractivity contribution in [3.63, 3.8) is 0 Å². The molecule has 0 unspecified atom stereocenters. The van der Waals surface area contributed by atoms with Gasteiger partial charge in [-0.1, -0.05) is 30.3 Å². The highest BCUT2D eigenvalue weighted by molar-refractivity contribution is 5.77. The molecule has 0 bridgehead atoms. The predicted octanol–water partition coefficient (Wildman–Crippen LogP) is 0.992. The molecular weight excluding hydrogens is 302 g/mol. The maximum Gasteiger partial charge on any atom is 0.223 e. The number of rotatable bonds is 4. The number of primary amides is 1. The Morgan fingerprint density at radius 2 is 1.88 bits per heavy atom. The molecule has 0 aliphatic carbocycles. The minimum Gasteiger partial charge on any atom is -0.369 e. The van der Waals surface area contributed by atoms with E-state index in [2.05, 4.69) is 19.8 Å². The molecule has 126 valence electrons. The third-order valence-corrected chi connectivity index (χ3v) is 4.35. The second-order valence-electron chi connectivity index (χ2n) is 6.38. The third kappa shape index (κ3) is 4.15. The van der Waals surface area contributed by atoms with Gasteiger partial charge in [0.1, 0.15) is 0 Å². The number of aromatic nitrogens is 2. The van der Waals surface area contributed by atoms with Crippen molar-refractivity contribution in [2.45, 2.75) is 6.54 Å². The van der Waals surface area contributed by atoms with Gasteiger partial charge in [0.05, 0.1) is 5.92 Å². The summed E-state index contributed by atoms with van der Waals surface area (Å²) in [5.74, 6) is 0.358. The largest absolute Gasteiger partial charge is 0.369 e. The van der Waals surface area contributed by atoms with Crippen LogP contribution < -0.4 is 5.73 Å². The van der Waals surface area contributed by atoms with Crippen molar-refractivity contribution in [2.75, 3.05) is 33.2 Å². The number of hydrogen-bond donors (Lipinski definition) is 1. The van der Waals surface area contributed by atoms with Crippen LogP contribution in [-0.4, -0.2) is 58.9 Å². The van der Waals surface area contributed by atoms with Gasteiger partial charge in [0.2, 0.25) is 5.91 Å². The van der Waals surface area contributed by atoms with Gasteiger partial charge in [0.25, 0.3) is 0 Å².